The molecule has 1 N–H and O–H groups in total. The predicted molar refractivity (Wildman–Crippen MR) is 107 cm³/mol. The Hall–Kier alpha value is -2.29. The highest BCUT2D eigenvalue weighted by atomic mass is 32.1. The van der Waals surface area contributed by atoms with Gasteiger partial charge in [0.25, 0.3) is 11.6 Å². The van der Waals surface area contributed by atoms with Crippen molar-refractivity contribution in [1.82, 2.24) is 9.80 Å². The quantitative estimate of drug-likeness (QED) is 0.606. The summed E-state index contributed by atoms with van der Waals surface area (Å²) in [6.07, 6.45) is 0. The monoisotopic (exact) mass is 388 g/mol. The molecule has 0 atom stereocenters. The normalized spacial score (nSPS) is 15.6. The number of benzene rings is 1. The van der Waals surface area contributed by atoms with Crippen LogP contribution in [0.25, 0.3) is 0 Å². The van der Waals surface area contributed by atoms with Crippen LogP contribution in [0.2, 0.25) is 0 Å². The minimum Gasteiger partial charge on any atom is -0.321 e. The van der Waals surface area contributed by atoms with Gasteiger partial charge in [-0.2, -0.15) is 0 Å². The molecule has 1 saturated heterocycles. The molecule has 0 spiro atoms. The van der Waals surface area contributed by atoms with Crippen LogP contribution in [-0.2, 0) is 6.54 Å². The van der Waals surface area contributed by atoms with E-state index >= 15 is 0 Å². The van der Waals surface area contributed by atoms with E-state index in [0.717, 1.165) is 50.6 Å². The number of hydrogen-bond acceptors (Lipinski definition) is 6. The molecule has 27 heavy (non-hydrogen) atoms. The van der Waals surface area contributed by atoms with E-state index in [4.69, 9.17) is 0 Å². The van der Waals surface area contributed by atoms with E-state index < -0.39 is 4.92 Å². The van der Waals surface area contributed by atoms with E-state index in [9.17, 15) is 14.9 Å². The second-order valence-corrected chi connectivity index (χ2v) is 7.93. The van der Waals surface area contributed by atoms with E-state index in [0.29, 0.717) is 15.4 Å². The first-order chi connectivity index (χ1) is 13.0. The number of piperazine rings is 1. The van der Waals surface area contributed by atoms with Crippen molar-refractivity contribution in [2.24, 2.45) is 0 Å². The lowest BCUT2D eigenvalue weighted by Gasteiger charge is -2.34. The van der Waals surface area contributed by atoms with Crippen molar-refractivity contribution in [3.8, 4) is 0 Å². The highest BCUT2D eigenvalue weighted by Crippen LogP contribution is 2.28. The third-order valence-corrected chi connectivity index (χ3v) is 5.88. The molecule has 1 amide bonds. The highest BCUT2D eigenvalue weighted by Gasteiger charge is 2.20. The van der Waals surface area contributed by atoms with Crippen molar-refractivity contribution in [3.63, 3.8) is 0 Å². The predicted octanol–water partition coefficient (Wildman–Crippen LogP) is 3.35. The Labute approximate surface area is 162 Å². The second kappa shape index (κ2) is 8.60. The first-order valence-corrected chi connectivity index (χ1v) is 9.87. The first kappa shape index (κ1) is 19.5. The molecule has 3 rings (SSSR count). The highest BCUT2D eigenvalue weighted by molar-refractivity contribution is 7.14. The Morgan fingerprint density at radius 1 is 1.19 bits per heavy atom. The van der Waals surface area contributed by atoms with Gasteiger partial charge in [-0.25, -0.2) is 0 Å². The first-order valence-electron chi connectivity index (χ1n) is 9.06. The molecule has 0 bridgehead atoms. The fourth-order valence-electron chi connectivity index (χ4n) is 3.17. The van der Waals surface area contributed by atoms with Crippen LogP contribution < -0.4 is 5.32 Å². The Kier molecular flexibility index (Phi) is 6.20. The summed E-state index contributed by atoms with van der Waals surface area (Å²) in [5, 5.41) is 13.7. The number of carbonyl (C=O) groups excluding carboxylic acids is 1. The number of nitrogens with zero attached hydrogens (tertiary/aromatic N) is 3. The lowest BCUT2D eigenvalue weighted by Crippen LogP contribution is -2.45. The second-order valence-electron chi connectivity index (χ2n) is 6.67. The molecule has 1 fully saturated rings. The van der Waals surface area contributed by atoms with Gasteiger partial charge in [-0.05, 0) is 31.2 Å². The van der Waals surface area contributed by atoms with Gasteiger partial charge in [-0.1, -0.05) is 19.1 Å². The van der Waals surface area contributed by atoms with Gasteiger partial charge in [-0.3, -0.25) is 19.8 Å². The number of carbonyl (C=O) groups is 1. The minimum atomic E-state index is -0.461. The fourth-order valence-corrected chi connectivity index (χ4v) is 4.06. The lowest BCUT2D eigenvalue weighted by molar-refractivity contribution is -0.385. The van der Waals surface area contributed by atoms with Crippen molar-refractivity contribution in [1.29, 1.82) is 0 Å². The molecule has 2 heterocycles. The van der Waals surface area contributed by atoms with E-state index in [1.54, 1.807) is 6.92 Å². The smallest absolute Gasteiger partial charge is 0.283 e. The minimum absolute atomic E-state index is 0.0105. The van der Waals surface area contributed by atoms with E-state index in [-0.39, 0.29) is 11.6 Å². The fraction of sp³-hybridized carbons (Fsp3) is 0.421. The molecule has 2 aromatic rings. The van der Waals surface area contributed by atoms with Crippen molar-refractivity contribution >= 4 is 28.6 Å². The SMILES string of the molecule is CCN1CCN(Cc2ccc(NC(=O)c3cc([N+](=O)[O-])c(C)s3)cc2)CC1. The molecule has 7 nitrogen and oxygen atoms in total. The van der Waals surface area contributed by atoms with E-state index in [2.05, 4.69) is 22.0 Å². The molecule has 0 unspecified atom stereocenters. The zero-order valence-corrected chi connectivity index (χ0v) is 16.4. The van der Waals surface area contributed by atoms with Gasteiger partial charge in [0.2, 0.25) is 0 Å². The van der Waals surface area contributed by atoms with Crippen molar-refractivity contribution in [3.05, 3.63) is 55.8 Å². The summed E-state index contributed by atoms with van der Waals surface area (Å²) >= 11 is 1.13. The van der Waals surface area contributed by atoms with Crippen LogP contribution in [0.4, 0.5) is 11.4 Å². The van der Waals surface area contributed by atoms with Crippen LogP contribution in [0.3, 0.4) is 0 Å². The topological polar surface area (TPSA) is 78.7 Å². The summed E-state index contributed by atoms with van der Waals surface area (Å²) < 4.78 is 0. The number of nitrogens with one attached hydrogen (secondary N) is 1. The number of hydrogen-bond donors (Lipinski definition) is 1. The van der Waals surface area contributed by atoms with Crippen LogP contribution in [0.15, 0.2) is 30.3 Å². The third-order valence-electron chi connectivity index (χ3n) is 4.84. The van der Waals surface area contributed by atoms with E-state index in [1.807, 2.05) is 24.3 Å². The van der Waals surface area contributed by atoms with Crippen molar-refractivity contribution in [2.75, 3.05) is 38.0 Å². The Balaban J connectivity index is 1.57. The zero-order valence-electron chi connectivity index (χ0n) is 15.6. The molecule has 1 aliphatic heterocycles. The molecule has 0 radical (unpaired) electrons. The maximum atomic E-state index is 12.3. The number of thiophene rings is 1. The van der Waals surface area contributed by atoms with Gasteiger partial charge < -0.3 is 10.2 Å². The molecule has 1 aromatic heterocycles. The largest absolute Gasteiger partial charge is 0.321 e. The summed E-state index contributed by atoms with van der Waals surface area (Å²) in [6, 6.07) is 9.13. The van der Waals surface area contributed by atoms with Gasteiger partial charge in [0, 0.05) is 44.5 Å². The third kappa shape index (κ3) is 4.91. The van der Waals surface area contributed by atoms with Crippen LogP contribution in [-0.4, -0.2) is 53.4 Å². The summed E-state index contributed by atoms with van der Waals surface area (Å²) in [5.41, 5.74) is 1.89. The van der Waals surface area contributed by atoms with Gasteiger partial charge in [0.15, 0.2) is 0 Å². The Bertz CT molecular complexity index is 811. The molecule has 8 heteroatoms. The number of rotatable bonds is 6. The van der Waals surface area contributed by atoms with Gasteiger partial charge in [-0.15, -0.1) is 11.3 Å². The zero-order chi connectivity index (χ0) is 19.4. The van der Waals surface area contributed by atoms with Gasteiger partial charge in [0.1, 0.15) is 0 Å². The molecular weight excluding hydrogens is 364 g/mol. The number of amides is 1. The summed E-state index contributed by atoms with van der Waals surface area (Å²) in [6.45, 7) is 10.2. The average molecular weight is 388 g/mol. The molecule has 0 aliphatic carbocycles. The summed E-state index contributed by atoms with van der Waals surface area (Å²) in [7, 11) is 0. The van der Waals surface area contributed by atoms with Crippen molar-refractivity contribution < 1.29 is 9.72 Å². The molecule has 1 aromatic carbocycles. The Morgan fingerprint density at radius 3 is 2.37 bits per heavy atom. The number of likely N-dealkylation sites (N-methyl/N-ethyl adjacent to an activating group) is 1. The summed E-state index contributed by atoms with van der Waals surface area (Å²) in [4.78, 5) is 28.6. The van der Waals surface area contributed by atoms with Crippen LogP contribution in [0.5, 0.6) is 0 Å². The van der Waals surface area contributed by atoms with E-state index in [1.165, 1.54) is 11.6 Å². The maximum Gasteiger partial charge on any atom is 0.283 e. The van der Waals surface area contributed by atoms with Crippen molar-refractivity contribution in [2.45, 2.75) is 20.4 Å². The van der Waals surface area contributed by atoms with Crippen LogP contribution in [0.1, 0.15) is 27.0 Å². The molecule has 1 aliphatic rings. The maximum absolute atomic E-state index is 12.3. The standard InChI is InChI=1S/C19H24N4O3S/c1-3-21-8-10-22(11-9-21)13-15-4-6-16(7-5-15)20-19(24)18-12-17(23(25)26)14(2)27-18/h4-7,12H,3,8-11,13H2,1-2H3,(H,20,24). The van der Waals surface area contributed by atoms with Gasteiger partial charge in [0.05, 0.1) is 14.7 Å². The number of aryl methyl sites for hydroxylation is 1. The van der Waals surface area contributed by atoms with Crippen LogP contribution >= 0.6 is 11.3 Å². The lowest BCUT2D eigenvalue weighted by atomic mass is 10.1. The van der Waals surface area contributed by atoms with Crippen LogP contribution in [0, 0.1) is 17.0 Å². The van der Waals surface area contributed by atoms with Gasteiger partial charge >= 0.3 is 0 Å². The number of nitro groups is 1. The molecule has 0 saturated carbocycles. The number of anilines is 1. The summed E-state index contributed by atoms with van der Waals surface area (Å²) in [5.74, 6) is -0.320. The molecular formula is C19H24N4O3S. The Morgan fingerprint density at radius 2 is 1.81 bits per heavy atom. The average Bonchev–Trinajstić information content (AvgIpc) is 3.06. The molecule has 144 valence electrons.